The van der Waals surface area contributed by atoms with Gasteiger partial charge in [-0.05, 0) is 38.0 Å². The second-order valence-electron chi connectivity index (χ2n) is 6.42. The molecule has 1 fully saturated rings. The Morgan fingerprint density at radius 3 is 2.67 bits per heavy atom. The summed E-state index contributed by atoms with van der Waals surface area (Å²) in [6.07, 6.45) is 2.47. The molecule has 1 aromatic rings. The predicted molar refractivity (Wildman–Crippen MR) is 94.8 cm³/mol. The third-order valence-corrected chi connectivity index (χ3v) is 4.00. The van der Waals surface area contributed by atoms with Crippen molar-refractivity contribution >= 4 is 0 Å². The van der Waals surface area contributed by atoms with E-state index in [0.717, 1.165) is 25.1 Å². The van der Waals surface area contributed by atoms with E-state index in [9.17, 15) is 5.11 Å². The van der Waals surface area contributed by atoms with Gasteiger partial charge in [-0.1, -0.05) is 12.1 Å². The minimum Gasteiger partial charge on any atom is -0.493 e. The molecule has 24 heavy (non-hydrogen) atoms. The van der Waals surface area contributed by atoms with Crippen molar-refractivity contribution in [1.29, 1.82) is 0 Å². The molecule has 5 heteroatoms. The van der Waals surface area contributed by atoms with Gasteiger partial charge >= 0.3 is 0 Å². The lowest BCUT2D eigenvalue weighted by Crippen LogP contribution is -2.48. The summed E-state index contributed by atoms with van der Waals surface area (Å²) >= 11 is 0. The van der Waals surface area contributed by atoms with E-state index in [2.05, 4.69) is 25.3 Å². The number of allylic oxidation sites excluding steroid dienone is 1. The highest BCUT2D eigenvalue weighted by Crippen LogP contribution is 2.28. The monoisotopic (exact) mass is 335 g/mol. The van der Waals surface area contributed by atoms with Gasteiger partial charge in [0.25, 0.3) is 0 Å². The summed E-state index contributed by atoms with van der Waals surface area (Å²) in [6, 6.07) is 5.80. The van der Waals surface area contributed by atoms with E-state index in [1.54, 1.807) is 7.11 Å². The van der Waals surface area contributed by atoms with Crippen LogP contribution in [0.25, 0.3) is 0 Å². The largest absolute Gasteiger partial charge is 0.493 e. The molecule has 0 bridgehead atoms. The second kappa shape index (κ2) is 9.06. The molecule has 1 N–H and O–H groups in total. The average Bonchev–Trinajstić information content (AvgIpc) is 2.52. The maximum atomic E-state index is 10.3. The fourth-order valence-electron chi connectivity index (χ4n) is 3.10. The number of hydrogen-bond donors (Lipinski definition) is 1. The zero-order valence-electron chi connectivity index (χ0n) is 14.9. The summed E-state index contributed by atoms with van der Waals surface area (Å²) in [6.45, 7) is 10.3. The van der Waals surface area contributed by atoms with E-state index in [-0.39, 0.29) is 18.8 Å². The highest BCUT2D eigenvalue weighted by molar-refractivity contribution is 5.43. The lowest BCUT2D eigenvalue weighted by molar-refractivity contribution is -0.0787. The number of morpholine rings is 1. The number of aliphatic hydroxyl groups excluding tert-OH is 1. The first kappa shape index (κ1) is 18.8. The minimum atomic E-state index is -0.556. The normalized spacial score (nSPS) is 22.8. The molecule has 0 spiro atoms. The molecular weight excluding hydrogens is 306 g/mol. The third-order valence-electron chi connectivity index (χ3n) is 4.00. The first-order valence-electron chi connectivity index (χ1n) is 8.48. The van der Waals surface area contributed by atoms with Crippen molar-refractivity contribution in [2.24, 2.45) is 0 Å². The van der Waals surface area contributed by atoms with E-state index in [1.165, 1.54) is 0 Å². The SMILES string of the molecule is C=CCc1ccc(OC[C@H](O)CN2C[C@H](C)O[C@@H](C)C2)c(OC)c1. The summed E-state index contributed by atoms with van der Waals surface area (Å²) in [5.41, 5.74) is 1.12. The molecule has 3 atom stereocenters. The summed E-state index contributed by atoms with van der Waals surface area (Å²) in [7, 11) is 1.62. The topological polar surface area (TPSA) is 51.2 Å². The molecule has 0 radical (unpaired) electrons. The van der Waals surface area contributed by atoms with Crippen LogP contribution in [-0.2, 0) is 11.2 Å². The Balaban J connectivity index is 1.86. The maximum absolute atomic E-state index is 10.3. The van der Waals surface area contributed by atoms with Gasteiger partial charge in [0, 0.05) is 19.6 Å². The zero-order valence-corrected chi connectivity index (χ0v) is 14.9. The van der Waals surface area contributed by atoms with Crippen molar-refractivity contribution in [3.05, 3.63) is 36.4 Å². The molecular formula is C19H29NO4. The van der Waals surface area contributed by atoms with Gasteiger partial charge in [0.2, 0.25) is 0 Å². The number of hydrogen-bond acceptors (Lipinski definition) is 5. The highest BCUT2D eigenvalue weighted by Gasteiger charge is 2.24. The van der Waals surface area contributed by atoms with Crippen molar-refractivity contribution in [2.75, 3.05) is 33.4 Å². The molecule has 0 aliphatic carbocycles. The van der Waals surface area contributed by atoms with Crippen LogP contribution in [0.1, 0.15) is 19.4 Å². The van der Waals surface area contributed by atoms with E-state index in [0.29, 0.717) is 18.0 Å². The Morgan fingerprint density at radius 1 is 1.33 bits per heavy atom. The molecule has 0 aromatic heterocycles. The molecule has 0 unspecified atom stereocenters. The fraction of sp³-hybridized carbons (Fsp3) is 0.579. The molecule has 1 heterocycles. The lowest BCUT2D eigenvalue weighted by Gasteiger charge is -2.36. The van der Waals surface area contributed by atoms with Gasteiger partial charge in [-0.2, -0.15) is 0 Å². The Labute approximate surface area is 144 Å². The number of aliphatic hydroxyl groups is 1. The van der Waals surface area contributed by atoms with Gasteiger partial charge < -0.3 is 19.3 Å². The van der Waals surface area contributed by atoms with Crippen molar-refractivity contribution in [1.82, 2.24) is 4.90 Å². The first-order valence-corrected chi connectivity index (χ1v) is 8.48. The van der Waals surface area contributed by atoms with Crippen LogP contribution in [0, 0.1) is 0 Å². The second-order valence-corrected chi connectivity index (χ2v) is 6.42. The van der Waals surface area contributed by atoms with Gasteiger partial charge in [0.1, 0.15) is 12.7 Å². The van der Waals surface area contributed by atoms with Crippen LogP contribution in [0.2, 0.25) is 0 Å². The molecule has 134 valence electrons. The molecule has 1 saturated heterocycles. The van der Waals surface area contributed by atoms with Crippen molar-refractivity contribution < 1.29 is 19.3 Å². The van der Waals surface area contributed by atoms with E-state index in [4.69, 9.17) is 14.2 Å². The quantitative estimate of drug-likeness (QED) is 0.739. The molecule has 1 aliphatic heterocycles. The number of ether oxygens (including phenoxy) is 3. The number of benzene rings is 1. The number of methoxy groups -OCH3 is 1. The van der Waals surface area contributed by atoms with Gasteiger partial charge in [0.15, 0.2) is 11.5 Å². The average molecular weight is 335 g/mol. The molecule has 0 saturated carbocycles. The Kier molecular flexibility index (Phi) is 7.09. The first-order chi connectivity index (χ1) is 11.5. The minimum absolute atomic E-state index is 0.194. The van der Waals surface area contributed by atoms with Gasteiger partial charge in [-0.15, -0.1) is 6.58 Å². The van der Waals surface area contributed by atoms with Crippen LogP contribution in [0.5, 0.6) is 11.5 Å². The molecule has 5 nitrogen and oxygen atoms in total. The van der Waals surface area contributed by atoms with Crippen molar-refractivity contribution in [2.45, 2.75) is 38.6 Å². The summed E-state index contributed by atoms with van der Waals surface area (Å²) in [4.78, 5) is 2.22. The van der Waals surface area contributed by atoms with Gasteiger partial charge in [0.05, 0.1) is 19.3 Å². The Bertz CT molecular complexity index is 524. The number of nitrogens with zero attached hydrogens (tertiary/aromatic N) is 1. The summed E-state index contributed by atoms with van der Waals surface area (Å²) in [5.74, 6) is 1.32. The van der Waals surface area contributed by atoms with Crippen LogP contribution >= 0.6 is 0 Å². The summed E-state index contributed by atoms with van der Waals surface area (Å²) < 4.78 is 16.8. The predicted octanol–water partition coefficient (Wildman–Crippen LogP) is 2.27. The van der Waals surface area contributed by atoms with Gasteiger partial charge in [-0.3, -0.25) is 4.90 Å². The fourth-order valence-corrected chi connectivity index (χ4v) is 3.10. The molecule has 2 rings (SSSR count). The van der Waals surface area contributed by atoms with Crippen LogP contribution in [-0.4, -0.2) is 61.7 Å². The number of rotatable bonds is 8. The smallest absolute Gasteiger partial charge is 0.161 e. The maximum Gasteiger partial charge on any atom is 0.161 e. The number of β-amino-alcohol motifs (C(OH)–C–C–N with tert-alkyl or cyclic N) is 1. The highest BCUT2D eigenvalue weighted by atomic mass is 16.5. The lowest BCUT2D eigenvalue weighted by atomic mass is 10.1. The van der Waals surface area contributed by atoms with Crippen LogP contribution in [0.15, 0.2) is 30.9 Å². The summed E-state index contributed by atoms with van der Waals surface area (Å²) in [5, 5.41) is 10.3. The Hall–Kier alpha value is -1.56. The van der Waals surface area contributed by atoms with E-state index >= 15 is 0 Å². The van der Waals surface area contributed by atoms with E-state index in [1.807, 2.05) is 24.3 Å². The molecule has 1 aliphatic rings. The van der Waals surface area contributed by atoms with Crippen molar-refractivity contribution in [3.63, 3.8) is 0 Å². The Morgan fingerprint density at radius 2 is 2.04 bits per heavy atom. The van der Waals surface area contributed by atoms with Crippen LogP contribution in [0.4, 0.5) is 0 Å². The third kappa shape index (κ3) is 5.51. The molecule has 1 aromatic carbocycles. The van der Waals surface area contributed by atoms with Gasteiger partial charge in [-0.25, -0.2) is 0 Å². The molecule has 0 amide bonds. The standard InChI is InChI=1S/C19H29NO4/c1-5-6-16-7-8-18(19(9-16)22-4)23-13-17(21)12-20-10-14(2)24-15(3)11-20/h5,7-9,14-15,17,21H,1,6,10-13H2,2-4H3/t14-,15-,17+/m0/s1. The van der Waals surface area contributed by atoms with Crippen LogP contribution < -0.4 is 9.47 Å². The van der Waals surface area contributed by atoms with Crippen molar-refractivity contribution in [3.8, 4) is 11.5 Å². The van der Waals surface area contributed by atoms with Crippen LogP contribution in [0.3, 0.4) is 0 Å². The van der Waals surface area contributed by atoms with E-state index < -0.39 is 6.10 Å². The zero-order chi connectivity index (χ0) is 17.5.